The number of amides is 1. The zero-order valence-corrected chi connectivity index (χ0v) is 15.1. The van der Waals surface area contributed by atoms with Gasteiger partial charge in [-0.15, -0.1) is 11.3 Å². The molecule has 5 nitrogen and oxygen atoms in total. The first-order valence-corrected chi connectivity index (χ1v) is 9.13. The summed E-state index contributed by atoms with van der Waals surface area (Å²) in [6.07, 6.45) is 0. The number of aromatic nitrogens is 1. The minimum atomic E-state index is -0.280. The van der Waals surface area contributed by atoms with Crippen LogP contribution in [0.15, 0.2) is 34.1 Å². The second kappa shape index (κ2) is 7.53. The van der Waals surface area contributed by atoms with Crippen molar-refractivity contribution in [3.05, 3.63) is 39.1 Å². The molecular formula is C16H18BrN3O2S. The molecule has 0 aliphatic carbocycles. The van der Waals surface area contributed by atoms with Crippen LogP contribution in [0.3, 0.4) is 0 Å². The molecule has 1 aromatic carbocycles. The molecule has 1 amide bonds. The fraction of sp³-hybridized carbons (Fsp3) is 0.375. The van der Waals surface area contributed by atoms with Crippen molar-refractivity contribution in [1.29, 1.82) is 0 Å². The molecule has 2 unspecified atom stereocenters. The van der Waals surface area contributed by atoms with Gasteiger partial charge in [-0.3, -0.25) is 4.79 Å². The van der Waals surface area contributed by atoms with E-state index in [1.165, 1.54) is 0 Å². The van der Waals surface area contributed by atoms with E-state index in [1.807, 2.05) is 36.6 Å². The molecule has 23 heavy (non-hydrogen) atoms. The first kappa shape index (κ1) is 16.6. The standard InChI is InChI=1S/C16H18BrN3O2S/c1-10(19-15(21)13-8-22-7-6-18-13)16-20-14(9-23-16)11-2-4-12(17)5-3-11/h2-5,9-10,13,18H,6-8H2,1H3,(H,19,21). The van der Waals surface area contributed by atoms with Crippen LogP contribution in [0.5, 0.6) is 0 Å². The van der Waals surface area contributed by atoms with Crippen molar-refractivity contribution in [3.63, 3.8) is 0 Å². The Labute approximate surface area is 147 Å². The molecule has 0 saturated carbocycles. The van der Waals surface area contributed by atoms with Crippen molar-refractivity contribution in [1.82, 2.24) is 15.6 Å². The highest BCUT2D eigenvalue weighted by Gasteiger charge is 2.23. The molecule has 1 aliphatic rings. The van der Waals surface area contributed by atoms with Crippen LogP contribution < -0.4 is 10.6 Å². The lowest BCUT2D eigenvalue weighted by molar-refractivity contribution is -0.126. The Balaban J connectivity index is 1.64. The highest BCUT2D eigenvalue weighted by molar-refractivity contribution is 9.10. The molecule has 2 atom stereocenters. The predicted octanol–water partition coefficient (Wildman–Crippen LogP) is 2.74. The Kier molecular flexibility index (Phi) is 5.42. The number of benzene rings is 1. The molecule has 1 saturated heterocycles. The molecule has 2 aromatic rings. The average molecular weight is 396 g/mol. The molecule has 2 heterocycles. The van der Waals surface area contributed by atoms with E-state index in [2.05, 4.69) is 31.5 Å². The number of morpholine rings is 1. The number of rotatable bonds is 4. The Bertz CT molecular complexity index is 668. The molecular weight excluding hydrogens is 378 g/mol. The third-order valence-corrected chi connectivity index (χ3v) is 5.19. The zero-order valence-electron chi connectivity index (χ0n) is 12.7. The molecule has 1 aromatic heterocycles. The number of nitrogens with one attached hydrogen (secondary N) is 2. The Hall–Kier alpha value is -1.28. The number of halogens is 1. The number of hydrogen-bond acceptors (Lipinski definition) is 5. The van der Waals surface area contributed by atoms with Gasteiger partial charge in [-0.1, -0.05) is 28.1 Å². The molecule has 2 N–H and O–H groups in total. The second-order valence-electron chi connectivity index (χ2n) is 5.39. The molecule has 7 heteroatoms. The fourth-order valence-corrected chi connectivity index (χ4v) is 3.45. The maximum absolute atomic E-state index is 12.2. The highest BCUT2D eigenvalue weighted by Crippen LogP contribution is 2.26. The van der Waals surface area contributed by atoms with E-state index in [-0.39, 0.29) is 18.0 Å². The van der Waals surface area contributed by atoms with E-state index in [9.17, 15) is 4.79 Å². The number of carbonyl (C=O) groups is 1. The van der Waals surface area contributed by atoms with Crippen LogP contribution in [-0.4, -0.2) is 36.7 Å². The largest absolute Gasteiger partial charge is 0.378 e. The molecule has 1 aliphatic heterocycles. The molecule has 0 bridgehead atoms. The van der Waals surface area contributed by atoms with E-state index in [0.29, 0.717) is 19.8 Å². The summed E-state index contributed by atoms with van der Waals surface area (Å²) in [5.74, 6) is -0.0439. The van der Waals surface area contributed by atoms with Crippen molar-refractivity contribution in [2.24, 2.45) is 0 Å². The summed E-state index contributed by atoms with van der Waals surface area (Å²) in [4.78, 5) is 16.9. The lowest BCUT2D eigenvalue weighted by Gasteiger charge is -2.24. The molecule has 3 rings (SSSR count). The summed E-state index contributed by atoms with van der Waals surface area (Å²) in [7, 11) is 0. The van der Waals surface area contributed by atoms with E-state index in [1.54, 1.807) is 11.3 Å². The summed E-state index contributed by atoms with van der Waals surface area (Å²) in [6.45, 7) is 3.73. The van der Waals surface area contributed by atoms with E-state index in [0.717, 1.165) is 20.7 Å². The maximum atomic E-state index is 12.2. The second-order valence-corrected chi connectivity index (χ2v) is 7.20. The fourth-order valence-electron chi connectivity index (χ4n) is 2.35. The van der Waals surface area contributed by atoms with Gasteiger partial charge in [0.25, 0.3) is 0 Å². The quantitative estimate of drug-likeness (QED) is 0.835. The lowest BCUT2D eigenvalue weighted by Crippen LogP contribution is -2.51. The van der Waals surface area contributed by atoms with Crippen molar-refractivity contribution < 1.29 is 9.53 Å². The van der Waals surface area contributed by atoms with Crippen LogP contribution in [0.2, 0.25) is 0 Å². The van der Waals surface area contributed by atoms with Gasteiger partial charge in [0.1, 0.15) is 11.0 Å². The zero-order chi connectivity index (χ0) is 16.2. The maximum Gasteiger partial charge on any atom is 0.240 e. The highest BCUT2D eigenvalue weighted by atomic mass is 79.9. The minimum Gasteiger partial charge on any atom is -0.378 e. The van der Waals surface area contributed by atoms with Crippen LogP contribution in [-0.2, 0) is 9.53 Å². The topological polar surface area (TPSA) is 63.2 Å². The van der Waals surface area contributed by atoms with Gasteiger partial charge in [0.05, 0.1) is 24.9 Å². The lowest BCUT2D eigenvalue weighted by atomic mass is 10.2. The van der Waals surface area contributed by atoms with Gasteiger partial charge in [0.2, 0.25) is 5.91 Å². The van der Waals surface area contributed by atoms with Crippen LogP contribution in [0.1, 0.15) is 18.0 Å². The van der Waals surface area contributed by atoms with Gasteiger partial charge in [-0.2, -0.15) is 0 Å². The first-order chi connectivity index (χ1) is 11.1. The van der Waals surface area contributed by atoms with Crippen molar-refractivity contribution in [3.8, 4) is 11.3 Å². The number of nitrogens with zero attached hydrogens (tertiary/aromatic N) is 1. The van der Waals surface area contributed by atoms with Gasteiger partial charge in [0.15, 0.2) is 0 Å². The van der Waals surface area contributed by atoms with Gasteiger partial charge in [-0.25, -0.2) is 4.98 Å². The van der Waals surface area contributed by atoms with Crippen LogP contribution in [0.25, 0.3) is 11.3 Å². The van der Waals surface area contributed by atoms with Crippen LogP contribution in [0, 0.1) is 0 Å². The average Bonchev–Trinajstić information content (AvgIpc) is 3.06. The van der Waals surface area contributed by atoms with E-state index < -0.39 is 0 Å². The Morgan fingerprint density at radius 2 is 2.26 bits per heavy atom. The summed E-state index contributed by atoms with van der Waals surface area (Å²) in [6, 6.07) is 7.63. The number of hydrogen-bond donors (Lipinski definition) is 2. The summed E-state index contributed by atoms with van der Waals surface area (Å²) in [5.41, 5.74) is 1.99. The number of thiazole rings is 1. The molecule has 122 valence electrons. The van der Waals surface area contributed by atoms with Gasteiger partial charge in [0, 0.05) is 22.0 Å². The van der Waals surface area contributed by atoms with E-state index >= 15 is 0 Å². The third kappa shape index (κ3) is 4.17. The molecule has 1 fully saturated rings. The van der Waals surface area contributed by atoms with Gasteiger partial charge < -0.3 is 15.4 Å². The molecule has 0 radical (unpaired) electrons. The third-order valence-electron chi connectivity index (χ3n) is 3.63. The van der Waals surface area contributed by atoms with Crippen LogP contribution in [0.4, 0.5) is 0 Å². The first-order valence-electron chi connectivity index (χ1n) is 7.46. The summed E-state index contributed by atoms with van der Waals surface area (Å²) < 4.78 is 6.36. The smallest absolute Gasteiger partial charge is 0.240 e. The minimum absolute atomic E-state index is 0.0439. The normalized spacial score (nSPS) is 19.3. The van der Waals surface area contributed by atoms with E-state index in [4.69, 9.17) is 4.74 Å². The van der Waals surface area contributed by atoms with Crippen molar-refractivity contribution in [2.75, 3.05) is 19.8 Å². The van der Waals surface area contributed by atoms with Gasteiger partial charge in [-0.05, 0) is 19.1 Å². The van der Waals surface area contributed by atoms with Crippen molar-refractivity contribution >= 4 is 33.2 Å². The Morgan fingerprint density at radius 3 is 2.96 bits per heavy atom. The monoisotopic (exact) mass is 395 g/mol. The summed E-state index contributed by atoms with van der Waals surface area (Å²) >= 11 is 4.99. The number of ether oxygens (including phenoxy) is 1. The summed E-state index contributed by atoms with van der Waals surface area (Å²) in [5, 5.41) is 9.07. The Morgan fingerprint density at radius 1 is 1.48 bits per heavy atom. The van der Waals surface area contributed by atoms with Crippen molar-refractivity contribution in [2.45, 2.75) is 19.0 Å². The SMILES string of the molecule is CC(NC(=O)C1COCCN1)c1nc(-c2ccc(Br)cc2)cs1. The predicted molar refractivity (Wildman–Crippen MR) is 94.4 cm³/mol. The van der Waals surface area contributed by atoms with Gasteiger partial charge >= 0.3 is 0 Å². The van der Waals surface area contributed by atoms with Crippen LogP contribution >= 0.6 is 27.3 Å². The number of carbonyl (C=O) groups excluding carboxylic acids is 1. The molecule has 0 spiro atoms.